The van der Waals surface area contributed by atoms with Crippen LogP contribution in [0.3, 0.4) is 0 Å². The molecule has 2 N–H and O–H groups in total. The highest BCUT2D eigenvalue weighted by molar-refractivity contribution is 7.10. The van der Waals surface area contributed by atoms with E-state index < -0.39 is 0 Å². The molecule has 0 saturated carbocycles. The van der Waals surface area contributed by atoms with Crippen molar-refractivity contribution < 1.29 is 4.39 Å². The largest absolute Gasteiger partial charge is 0.323 e. The molecule has 1 heterocycles. The standard InChI is InChI=1S/C12H12FNS.ClH/c13-10-4-1-3-9(7-10)8-11(14)12-5-2-6-15-12;/h1-7,11H,8,14H2;1H. The Hall–Kier alpha value is -0.900. The third-order valence-electron chi connectivity index (χ3n) is 2.25. The third kappa shape index (κ3) is 3.30. The summed E-state index contributed by atoms with van der Waals surface area (Å²) in [6.07, 6.45) is 0.679. The van der Waals surface area contributed by atoms with Gasteiger partial charge in [0.2, 0.25) is 0 Å². The Balaban J connectivity index is 0.00000128. The lowest BCUT2D eigenvalue weighted by atomic mass is 10.1. The van der Waals surface area contributed by atoms with Crippen molar-refractivity contribution in [2.75, 3.05) is 0 Å². The molecule has 1 nitrogen and oxygen atoms in total. The Labute approximate surface area is 105 Å². The molecule has 0 amide bonds. The summed E-state index contributed by atoms with van der Waals surface area (Å²) in [5.74, 6) is -0.203. The highest BCUT2D eigenvalue weighted by Crippen LogP contribution is 2.20. The number of thiophene rings is 1. The van der Waals surface area contributed by atoms with Crippen LogP contribution >= 0.6 is 23.7 Å². The zero-order chi connectivity index (χ0) is 10.7. The maximum atomic E-state index is 12.9. The lowest BCUT2D eigenvalue weighted by Gasteiger charge is -2.09. The Morgan fingerprint density at radius 2 is 2.06 bits per heavy atom. The predicted octanol–water partition coefficient (Wildman–Crippen LogP) is 3.55. The van der Waals surface area contributed by atoms with Crippen LogP contribution in [-0.2, 0) is 6.42 Å². The van der Waals surface area contributed by atoms with E-state index in [1.807, 2.05) is 23.6 Å². The molecule has 0 aliphatic carbocycles. The molecular formula is C12H13ClFNS. The molecule has 0 spiro atoms. The maximum absolute atomic E-state index is 12.9. The molecule has 2 aromatic rings. The van der Waals surface area contributed by atoms with Crippen molar-refractivity contribution in [2.24, 2.45) is 5.73 Å². The molecule has 16 heavy (non-hydrogen) atoms. The topological polar surface area (TPSA) is 26.0 Å². The summed E-state index contributed by atoms with van der Waals surface area (Å²) in [6, 6.07) is 10.5. The molecule has 0 bridgehead atoms. The first-order valence-corrected chi connectivity index (χ1v) is 5.67. The van der Waals surface area contributed by atoms with Crippen molar-refractivity contribution in [1.29, 1.82) is 0 Å². The van der Waals surface area contributed by atoms with E-state index in [2.05, 4.69) is 0 Å². The van der Waals surface area contributed by atoms with Gasteiger partial charge in [0, 0.05) is 10.9 Å². The lowest BCUT2D eigenvalue weighted by Crippen LogP contribution is -2.11. The molecule has 1 atom stereocenters. The first-order chi connectivity index (χ1) is 7.25. The van der Waals surface area contributed by atoms with Crippen LogP contribution in [0.4, 0.5) is 4.39 Å². The van der Waals surface area contributed by atoms with Crippen LogP contribution in [0, 0.1) is 5.82 Å². The Morgan fingerprint density at radius 3 is 2.69 bits per heavy atom. The van der Waals surface area contributed by atoms with Gasteiger partial charge in [-0.1, -0.05) is 18.2 Å². The monoisotopic (exact) mass is 257 g/mol. The van der Waals surface area contributed by atoms with Gasteiger partial charge < -0.3 is 5.73 Å². The van der Waals surface area contributed by atoms with Gasteiger partial charge in [0.15, 0.2) is 0 Å². The lowest BCUT2D eigenvalue weighted by molar-refractivity contribution is 0.622. The third-order valence-corrected chi connectivity index (χ3v) is 3.26. The fourth-order valence-corrected chi connectivity index (χ4v) is 2.25. The van der Waals surface area contributed by atoms with Crippen LogP contribution in [0.15, 0.2) is 41.8 Å². The van der Waals surface area contributed by atoms with E-state index >= 15 is 0 Å². The summed E-state index contributed by atoms with van der Waals surface area (Å²) in [5.41, 5.74) is 6.95. The zero-order valence-corrected chi connectivity index (χ0v) is 10.2. The van der Waals surface area contributed by atoms with Gasteiger partial charge >= 0.3 is 0 Å². The van der Waals surface area contributed by atoms with Crippen molar-refractivity contribution in [3.63, 3.8) is 0 Å². The molecule has 0 fully saturated rings. The molecule has 0 saturated heterocycles. The van der Waals surface area contributed by atoms with Gasteiger partial charge in [0.1, 0.15) is 5.82 Å². The molecule has 1 aromatic carbocycles. The normalized spacial score (nSPS) is 11.9. The molecule has 2 rings (SSSR count). The van der Waals surface area contributed by atoms with Crippen LogP contribution in [-0.4, -0.2) is 0 Å². The summed E-state index contributed by atoms with van der Waals surface area (Å²) < 4.78 is 12.9. The number of rotatable bonds is 3. The van der Waals surface area contributed by atoms with E-state index in [-0.39, 0.29) is 24.3 Å². The van der Waals surface area contributed by atoms with Crippen LogP contribution < -0.4 is 5.73 Å². The average molecular weight is 258 g/mol. The van der Waals surface area contributed by atoms with E-state index in [9.17, 15) is 4.39 Å². The molecule has 1 aromatic heterocycles. The van der Waals surface area contributed by atoms with E-state index in [4.69, 9.17) is 5.73 Å². The summed E-state index contributed by atoms with van der Waals surface area (Å²) in [7, 11) is 0. The van der Waals surface area contributed by atoms with Crippen LogP contribution in [0.5, 0.6) is 0 Å². The number of benzene rings is 1. The van der Waals surface area contributed by atoms with E-state index in [1.165, 1.54) is 12.1 Å². The Morgan fingerprint density at radius 1 is 1.25 bits per heavy atom. The van der Waals surface area contributed by atoms with Gasteiger partial charge in [-0.05, 0) is 35.6 Å². The van der Waals surface area contributed by atoms with E-state index in [0.29, 0.717) is 6.42 Å². The number of nitrogens with two attached hydrogens (primary N) is 1. The first kappa shape index (κ1) is 13.2. The van der Waals surface area contributed by atoms with Gasteiger partial charge in [-0.3, -0.25) is 0 Å². The van der Waals surface area contributed by atoms with Gasteiger partial charge in [-0.25, -0.2) is 4.39 Å². The van der Waals surface area contributed by atoms with E-state index in [1.54, 1.807) is 17.4 Å². The van der Waals surface area contributed by atoms with Gasteiger partial charge in [0.05, 0.1) is 0 Å². The van der Waals surface area contributed by atoms with Crippen LogP contribution in [0.1, 0.15) is 16.5 Å². The van der Waals surface area contributed by atoms with Gasteiger partial charge in [-0.15, -0.1) is 23.7 Å². The molecule has 0 aliphatic rings. The number of hydrogen-bond acceptors (Lipinski definition) is 2. The number of hydrogen-bond donors (Lipinski definition) is 1. The Bertz CT molecular complexity index is 430. The second-order valence-corrected chi connectivity index (χ2v) is 4.44. The molecule has 4 heteroatoms. The SMILES string of the molecule is Cl.NC(Cc1cccc(F)c1)c1cccs1. The minimum Gasteiger partial charge on any atom is -0.323 e. The maximum Gasteiger partial charge on any atom is 0.123 e. The van der Waals surface area contributed by atoms with Crippen molar-refractivity contribution in [1.82, 2.24) is 0 Å². The van der Waals surface area contributed by atoms with Crippen molar-refractivity contribution >= 4 is 23.7 Å². The minimum atomic E-state index is -0.203. The fraction of sp³-hybridized carbons (Fsp3) is 0.167. The highest BCUT2D eigenvalue weighted by Gasteiger charge is 2.08. The van der Waals surface area contributed by atoms with Crippen LogP contribution in [0.25, 0.3) is 0 Å². The fourth-order valence-electron chi connectivity index (χ4n) is 1.52. The molecule has 1 unspecified atom stereocenters. The molecular weight excluding hydrogens is 245 g/mol. The molecule has 0 aliphatic heterocycles. The smallest absolute Gasteiger partial charge is 0.123 e. The Kier molecular flexibility index (Phi) is 4.93. The summed E-state index contributed by atoms with van der Waals surface area (Å²) in [5, 5.41) is 2.00. The minimum absolute atomic E-state index is 0. The summed E-state index contributed by atoms with van der Waals surface area (Å²) in [6.45, 7) is 0. The molecule has 0 radical (unpaired) electrons. The second-order valence-electron chi connectivity index (χ2n) is 3.46. The van der Waals surface area contributed by atoms with Gasteiger partial charge in [-0.2, -0.15) is 0 Å². The van der Waals surface area contributed by atoms with Crippen LogP contribution in [0.2, 0.25) is 0 Å². The summed E-state index contributed by atoms with van der Waals surface area (Å²) >= 11 is 1.64. The van der Waals surface area contributed by atoms with Crippen molar-refractivity contribution in [3.05, 3.63) is 58.0 Å². The second kappa shape index (κ2) is 5.99. The van der Waals surface area contributed by atoms with Gasteiger partial charge in [0.25, 0.3) is 0 Å². The van der Waals surface area contributed by atoms with Crippen molar-refractivity contribution in [2.45, 2.75) is 12.5 Å². The zero-order valence-electron chi connectivity index (χ0n) is 8.60. The first-order valence-electron chi connectivity index (χ1n) is 4.79. The van der Waals surface area contributed by atoms with E-state index in [0.717, 1.165) is 10.4 Å². The highest BCUT2D eigenvalue weighted by atomic mass is 35.5. The quantitative estimate of drug-likeness (QED) is 0.894. The number of halogens is 2. The molecule has 86 valence electrons. The predicted molar refractivity (Wildman–Crippen MR) is 68.6 cm³/mol. The summed E-state index contributed by atoms with van der Waals surface area (Å²) in [4.78, 5) is 1.14. The van der Waals surface area contributed by atoms with Crippen molar-refractivity contribution in [3.8, 4) is 0 Å². The average Bonchev–Trinajstić information content (AvgIpc) is 2.70.